The Bertz CT molecular complexity index is 3110. The lowest BCUT2D eigenvalue weighted by atomic mass is 10.0. The first-order chi connectivity index (χ1) is 26.3. The molecule has 0 aliphatic rings. The molecule has 7 aromatic carbocycles. The molecule has 0 aliphatic heterocycles. The molecule has 0 amide bonds. The van der Waals surface area contributed by atoms with Crippen molar-refractivity contribution in [1.29, 1.82) is 0 Å². The molecule has 0 spiro atoms. The zero-order chi connectivity index (χ0) is 34.9. The monoisotopic (exact) mass is 697 g/mol. The summed E-state index contributed by atoms with van der Waals surface area (Å²) in [5.74, 6) is 1.78. The van der Waals surface area contributed by atoms with E-state index in [1.165, 1.54) is 10.8 Å². The van der Waals surface area contributed by atoms with Gasteiger partial charge in [-0.1, -0.05) is 115 Å². The molecule has 0 saturated carbocycles. The van der Waals surface area contributed by atoms with Crippen LogP contribution in [0.25, 0.3) is 104 Å². The number of thiazole rings is 1. The molecule has 7 heteroatoms. The van der Waals surface area contributed by atoms with Crippen molar-refractivity contribution in [2.75, 3.05) is 0 Å². The highest BCUT2D eigenvalue weighted by Gasteiger charge is 2.21. The van der Waals surface area contributed by atoms with E-state index in [-0.39, 0.29) is 0 Å². The molecule has 0 fully saturated rings. The van der Waals surface area contributed by atoms with Crippen molar-refractivity contribution in [1.82, 2.24) is 24.5 Å². The fourth-order valence-corrected chi connectivity index (χ4v) is 8.50. The van der Waals surface area contributed by atoms with Gasteiger partial charge in [0, 0.05) is 43.9 Å². The number of fused-ring (bicyclic) bond motifs is 7. The van der Waals surface area contributed by atoms with E-state index in [1.54, 1.807) is 11.3 Å². The molecule has 4 aromatic heterocycles. The van der Waals surface area contributed by atoms with Crippen LogP contribution >= 0.6 is 11.3 Å². The first-order valence-corrected chi connectivity index (χ1v) is 18.3. The smallest absolute Gasteiger partial charge is 0.164 e. The van der Waals surface area contributed by atoms with Gasteiger partial charge >= 0.3 is 0 Å². The summed E-state index contributed by atoms with van der Waals surface area (Å²) in [5, 5.41) is 5.31. The third-order valence-corrected chi connectivity index (χ3v) is 11.0. The Morgan fingerprint density at radius 3 is 1.91 bits per heavy atom. The number of benzene rings is 7. The minimum atomic E-state index is 0.579. The second kappa shape index (κ2) is 11.8. The number of para-hydroxylation sites is 4. The summed E-state index contributed by atoms with van der Waals surface area (Å²) >= 11 is 1.67. The lowest BCUT2D eigenvalue weighted by Crippen LogP contribution is -2.01. The normalized spacial score (nSPS) is 11.8. The number of hydrogen-bond acceptors (Lipinski definition) is 6. The maximum absolute atomic E-state index is 6.65. The standard InChI is InChI=1S/C46H27N5OS/c1-2-13-28(14-3-1)43-48-44(29-15-10-16-30(27-29)51-37-23-7-4-17-31(37)32-18-5-8-24-38(32)51)50-45(49-43)34-20-12-25-39-41(34)33-19-11-21-35(42(33)52-39)46-47-36-22-6-9-26-40(36)53-46/h1-27H. The highest BCUT2D eigenvalue weighted by molar-refractivity contribution is 7.21. The van der Waals surface area contributed by atoms with E-state index in [9.17, 15) is 0 Å². The van der Waals surface area contributed by atoms with Gasteiger partial charge in [0.15, 0.2) is 17.5 Å². The maximum Gasteiger partial charge on any atom is 0.164 e. The lowest BCUT2D eigenvalue weighted by Gasteiger charge is -2.12. The number of hydrogen-bond donors (Lipinski definition) is 0. The predicted octanol–water partition coefficient (Wildman–Crippen LogP) is 12.1. The average molecular weight is 698 g/mol. The van der Waals surface area contributed by atoms with Gasteiger partial charge in [-0.3, -0.25) is 0 Å². The number of nitrogens with zero attached hydrogens (tertiary/aromatic N) is 5. The van der Waals surface area contributed by atoms with Crippen LogP contribution in [0.15, 0.2) is 168 Å². The van der Waals surface area contributed by atoms with Gasteiger partial charge in [0.25, 0.3) is 0 Å². The molecule has 0 unspecified atom stereocenters. The average Bonchev–Trinajstić information content (AvgIpc) is 3.93. The van der Waals surface area contributed by atoms with Crippen LogP contribution < -0.4 is 0 Å². The number of rotatable bonds is 5. The Balaban J connectivity index is 1.12. The fourth-order valence-electron chi connectivity index (χ4n) is 7.52. The second-order valence-corrected chi connectivity index (χ2v) is 14.1. The summed E-state index contributed by atoms with van der Waals surface area (Å²) in [6.45, 7) is 0. The van der Waals surface area contributed by atoms with E-state index in [1.807, 2.05) is 60.7 Å². The van der Waals surface area contributed by atoms with Crippen molar-refractivity contribution in [3.63, 3.8) is 0 Å². The summed E-state index contributed by atoms with van der Waals surface area (Å²) < 4.78 is 10.1. The van der Waals surface area contributed by atoms with Gasteiger partial charge < -0.3 is 8.98 Å². The van der Waals surface area contributed by atoms with E-state index < -0.39 is 0 Å². The Kier molecular flexibility index (Phi) is 6.62. The number of furan rings is 1. The van der Waals surface area contributed by atoms with Crippen LogP contribution in [0.5, 0.6) is 0 Å². The highest BCUT2D eigenvalue weighted by atomic mass is 32.1. The summed E-state index contributed by atoms with van der Waals surface area (Å²) in [4.78, 5) is 20.4. The van der Waals surface area contributed by atoms with Gasteiger partial charge in [-0.25, -0.2) is 19.9 Å². The van der Waals surface area contributed by atoms with Crippen LogP contribution in [-0.2, 0) is 0 Å². The molecule has 0 atom stereocenters. The summed E-state index contributed by atoms with van der Waals surface area (Å²) in [5.41, 5.74) is 9.53. The predicted molar refractivity (Wildman–Crippen MR) is 216 cm³/mol. The van der Waals surface area contributed by atoms with Crippen molar-refractivity contribution in [3.8, 4) is 50.4 Å². The molecule has 0 saturated heterocycles. The molecule has 6 nitrogen and oxygen atoms in total. The number of aromatic nitrogens is 5. The van der Waals surface area contributed by atoms with Crippen LogP contribution in [0, 0.1) is 0 Å². The molecular formula is C46H27N5OS. The molecule has 11 aromatic rings. The highest BCUT2D eigenvalue weighted by Crippen LogP contribution is 2.42. The molecular weight excluding hydrogens is 671 g/mol. The largest absolute Gasteiger partial charge is 0.455 e. The Morgan fingerprint density at radius 2 is 1.09 bits per heavy atom. The van der Waals surface area contributed by atoms with Crippen molar-refractivity contribution < 1.29 is 4.42 Å². The maximum atomic E-state index is 6.65. The Hall–Kier alpha value is -6.96. The topological polar surface area (TPSA) is 69.6 Å². The molecule has 11 rings (SSSR count). The van der Waals surface area contributed by atoms with E-state index >= 15 is 0 Å². The Morgan fingerprint density at radius 1 is 0.472 bits per heavy atom. The minimum absolute atomic E-state index is 0.579. The third kappa shape index (κ3) is 4.79. The molecule has 248 valence electrons. The fraction of sp³-hybridized carbons (Fsp3) is 0. The first-order valence-electron chi connectivity index (χ1n) is 17.5. The zero-order valence-corrected chi connectivity index (χ0v) is 29.0. The van der Waals surface area contributed by atoms with Gasteiger partial charge in [-0.15, -0.1) is 11.3 Å². The van der Waals surface area contributed by atoms with Gasteiger partial charge in [0.2, 0.25) is 0 Å². The van der Waals surface area contributed by atoms with Gasteiger partial charge in [-0.05, 0) is 48.5 Å². The van der Waals surface area contributed by atoms with Crippen LogP contribution in [0.2, 0.25) is 0 Å². The van der Waals surface area contributed by atoms with Gasteiger partial charge in [0.05, 0.1) is 26.8 Å². The minimum Gasteiger partial charge on any atom is -0.455 e. The SMILES string of the molecule is c1ccc(-c2nc(-c3cccc(-n4c5ccccc5c5ccccc54)c3)nc(-c3cccc4oc5c(-c6nc7ccccc7s6)cccc5c34)n2)cc1. The molecule has 4 heterocycles. The van der Waals surface area contributed by atoms with Crippen molar-refractivity contribution in [2.24, 2.45) is 0 Å². The van der Waals surface area contributed by atoms with Crippen LogP contribution in [0.3, 0.4) is 0 Å². The van der Waals surface area contributed by atoms with Crippen LogP contribution in [0.4, 0.5) is 0 Å². The Labute approximate surface area is 307 Å². The zero-order valence-electron chi connectivity index (χ0n) is 28.1. The van der Waals surface area contributed by atoms with Crippen LogP contribution in [0.1, 0.15) is 0 Å². The first kappa shape index (κ1) is 29.7. The van der Waals surface area contributed by atoms with E-state index in [4.69, 9.17) is 24.4 Å². The summed E-state index contributed by atoms with van der Waals surface area (Å²) in [7, 11) is 0. The van der Waals surface area contributed by atoms with E-state index in [0.29, 0.717) is 17.5 Å². The lowest BCUT2D eigenvalue weighted by molar-refractivity contribution is 0.670. The quantitative estimate of drug-likeness (QED) is 0.179. The van der Waals surface area contributed by atoms with Gasteiger partial charge in [0.1, 0.15) is 16.2 Å². The second-order valence-electron chi connectivity index (χ2n) is 13.0. The van der Waals surface area contributed by atoms with Crippen molar-refractivity contribution in [2.45, 2.75) is 0 Å². The molecule has 53 heavy (non-hydrogen) atoms. The van der Waals surface area contributed by atoms with E-state index in [0.717, 1.165) is 76.1 Å². The van der Waals surface area contributed by atoms with Gasteiger partial charge in [-0.2, -0.15) is 0 Å². The molecule has 0 aliphatic carbocycles. The molecule has 0 N–H and O–H groups in total. The molecule has 0 bridgehead atoms. The van der Waals surface area contributed by atoms with Crippen molar-refractivity contribution >= 4 is 65.3 Å². The summed E-state index contributed by atoms with van der Waals surface area (Å²) in [6.07, 6.45) is 0. The van der Waals surface area contributed by atoms with E-state index in [2.05, 4.69) is 108 Å². The van der Waals surface area contributed by atoms with Crippen LogP contribution in [-0.4, -0.2) is 24.5 Å². The summed E-state index contributed by atoms with van der Waals surface area (Å²) in [6, 6.07) is 56.2. The third-order valence-electron chi connectivity index (χ3n) is 9.90. The van der Waals surface area contributed by atoms with Crippen molar-refractivity contribution in [3.05, 3.63) is 164 Å². The molecule has 0 radical (unpaired) electrons.